The van der Waals surface area contributed by atoms with Crippen LogP contribution in [0.4, 0.5) is 0 Å². The standard InChI is InChI=1S/C24H32N4O/c1-18-16-21(26-25-18)23(29)27-14-10-20(11-15-27)28-17-24(12-6-3-7-13-24)22(28)19-8-4-2-5-9-19/h2,4-5,8-9,16,20,22H,3,6-7,10-15,17H2,1H3,(H,25,26). The highest BCUT2D eigenvalue weighted by Gasteiger charge is 2.54. The molecule has 2 aromatic rings. The van der Waals surface area contributed by atoms with Gasteiger partial charge < -0.3 is 4.90 Å². The molecule has 5 nitrogen and oxygen atoms in total. The number of benzene rings is 1. The van der Waals surface area contributed by atoms with Crippen LogP contribution < -0.4 is 0 Å². The van der Waals surface area contributed by atoms with Crippen LogP contribution in [-0.4, -0.2) is 51.6 Å². The number of H-pyrrole nitrogens is 1. The van der Waals surface area contributed by atoms with E-state index in [1.807, 2.05) is 17.9 Å². The summed E-state index contributed by atoms with van der Waals surface area (Å²) in [6.45, 7) is 4.84. The van der Waals surface area contributed by atoms with Crippen LogP contribution in [-0.2, 0) is 0 Å². The van der Waals surface area contributed by atoms with Crippen molar-refractivity contribution < 1.29 is 4.79 Å². The fourth-order valence-corrected chi connectivity index (χ4v) is 6.08. The highest BCUT2D eigenvalue weighted by molar-refractivity contribution is 5.92. The van der Waals surface area contributed by atoms with Gasteiger partial charge in [0.2, 0.25) is 0 Å². The number of nitrogens with one attached hydrogen (secondary N) is 1. The minimum atomic E-state index is 0.0692. The zero-order valence-electron chi connectivity index (χ0n) is 17.4. The maximum atomic E-state index is 12.7. The van der Waals surface area contributed by atoms with Gasteiger partial charge >= 0.3 is 0 Å². The number of likely N-dealkylation sites (tertiary alicyclic amines) is 2. The van der Waals surface area contributed by atoms with Gasteiger partial charge in [-0.2, -0.15) is 5.10 Å². The van der Waals surface area contributed by atoms with E-state index in [0.29, 0.717) is 23.2 Å². The minimum absolute atomic E-state index is 0.0692. The summed E-state index contributed by atoms with van der Waals surface area (Å²) in [6, 6.07) is 14.1. The molecule has 5 heteroatoms. The first-order valence-electron chi connectivity index (χ1n) is 11.3. The van der Waals surface area contributed by atoms with Gasteiger partial charge in [0.25, 0.3) is 5.91 Å². The van der Waals surface area contributed by atoms with Gasteiger partial charge in [-0.3, -0.25) is 14.8 Å². The lowest BCUT2D eigenvalue weighted by Gasteiger charge is -2.63. The Kier molecular flexibility index (Phi) is 4.94. The van der Waals surface area contributed by atoms with E-state index in [2.05, 4.69) is 45.4 Å². The molecule has 1 aliphatic carbocycles. The molecule has 1 spiro atoms. The van der Waals surface area contributed by atoms with Crippen molar-refractivity contribution in [3.63, 3.8) is 0 Å². The second-order valence-electron chi connectivity index (χ2n) is 9.37. The Balaban J connectivity index is 1.28. The molecule has 1 N–H and O–H groups in total. The van der Waals surface area contributed by atoms with Gasteiger partial charge in [-0.25, -0.2) is 0 Å². The third-order valence-electron chi connectivity index (χ3n) is 7.52. The number of nitrogens with zero attached hydrogens (tertiary/aromatic N) is 3. The summed E-state index contributed by atoms with van der Waals surface area (Å²) in [7, 11) is 0. The van der Waals surface area contributed by atoms with Crippen molar-refractivity contribution in [1.29, 1.82) is 0 Å². The number of aromatic amines is 1. The number of carbonyl (C=O) groups excluding carboxylic acids is 1. The lowest BCUT2D eigenvalue weighted by molar-refractivity contribution is -0.132. The monoisotopic (exact) mass is 392 g/mol. The van der Waals surface area contributed by atoms with Crippen LogP contribution in [0.25, 0.3) is 0 Å². The minimum Gasteiger partial charge on any atom is -0.337 e. The molecule has 0 bridgehead atoms. The molecule has 0 radical (unpaired) electrons. The number of carbonyl (C=O) groups is 1. The average Bonchev–Trinajstić information content (AvgIpc) is 3.19. The Labute approximate surface area is 173 Å². The summed E-state index contributed by atoms with van der Waals surface area (Å²) in [6.07, 6.45) is 9.04. The lowest BCUT2D eigenvalue weighted by Crippen LogP contribution is -2.63. The molecule has 1 aromatic carbocycles. The van der Waals surface area contributed by atoms with Crippen molar-refractivity contribution >= 4 is 5.91 Å². The summed E-state index contributed by atoms with van der Waals surface area (Å²) >= 11 is 0. The largest absolute Gasteiger partial charge is 0.337 e. The average molecular weight is 393 g/mol. The Bertz CT molecular complexity index is 847. The van der Waals surface area contributed by atoms with Crippen LogP contribution in [0.15, 0.2) is 36.4 Å². The van der Waals surface area contributed by atoms with E-state index in [9.17, 15) is 4.79 Å². The molecule has 5 rings (SSSR count). The molecule has 2 aliphatic heterocycles. The number of aromatic nitrogens is 2. The molecule has 29 heavy (non-hydrogen) atoms. The number of piperidine rings is 1. The number of amides is 1. The summed E-state index contributed by atoms with van der Waals surface area (Å²) < 4.78 is 0. The Morgan fingerprint density at radius 3 is 2.48 bits per heavy atom. The van der Waals surface area contributed by atoms with Crippen LogP contribution in [0.3, 0.4) is 0 Å². The Morgan fingerprint density at radius 2 is 1.83 bits per heavy atom. The van der Waals surface area contributed by atoms with Crippen molar-refractivity contribution in [1.82, 2.24) is 20.0 Å². The molecule has 1 amide bonds. The first kappa shape index (κ1) is 18.9. The molecule has 1 unspecified atom stereocenters. The van der Waals surface area contributed by atoms with Crippen molar-refractivity contribution in [2.45, 2.75) is 64.0 Å². The van der Waals surface area contributed by atoms with Crippen LogP contribution in [0, 0.1) is 12.3 Å². The zero-order valence-corrected chi connectivity index (χ0v) is 17.4. The molecule has 2 saturated heterocycles. The van der Waals surface area contributed by atoms with Gasteiger partial charge in [0.15, 0.2) is 0 Å². The first-order chi connectivity index (χ1) is 14.2. The highest BCUT2D eigenvalue weighted by Crippen LogP contribution is 2.58. The molecule has 3 aliphatic rings. The summed E-state index contributed by atoms with van der Waals surface area (Å²) in [5, 5.41) is 7.04. The maximum absolute atomic E-state index is 12.7. The topological polar surface area (TPSA) is 52.2 Å². The van der Waals surface area contributed by atoms with Gasteiger partial charge in [-0.05, 0) is 44.2 Å². The van der Waals surface area contributed by atoms with E-state index in [-0.39, 0.29) is 5.91 Å². The van der Waals surface area contributed by atoms with E-state index < -0.39 is 0 Å². The van der Waals surface area contributed by atoms with Gasteiger partial charge in [0, 0.05) is 42.8 Å². The molecule has 154 valence electrons. The maximum Gasteiger partial charge on any atom is 0.274 e. The summed E-state index contributed by atoms with van der Waals surface area (Å²) in [5.41, 5.74) is 3.46. The zero-order chi connectivity index (χ0) is 19.8. The van der Waals surface area contributed by atoms with E-state index in [0.717, 1.165) is 31.6 Å². The normalized spacial score (nSPS) is 25.1. The van der Waals surface area contributed by atoms with Crippen molar-refractivity contribution in [3.05, 3.63) is 53.3 Å². The predicted molar refractivity (Wildman–Crippen MR) is 114 cm³/mol. The van der Waals surface area contributed by atoms with Gasteiger partial charge in [-0.1, -0.05) is 49.6 Å². The molecular formula is C24H32N4O. The van der Waals surface area contributed by atoms with Gasteiger partial charge in [0.05, 0.1) is 0 Å². The Hall–Kier alpha value is -2.14. The summed E-state index contributed by atoms with van der Waals surface area (Å²) in [4.78, 5) is 17.5. The van der Waals surface area contributed by atoms with Gasteiger partial charge in [-0.15, -0.1) is 0 Å². The van der Waals surface area contributed by atoms with E-state index in [1.165, 1.54) is 44.2 Å². The third kappa shape index (κ3) is 3.39. The molecule has 1 aromatic heterocycles. The van der Waals surface area contributed by atoms with E-state index in [1.54, 1.807) is 0 Å². The van der Waals surface area contributed by atoms with Crippen LogP contribution in [0.2, 0.25) is 0 Å². The molecule has 3 fully saturated rings. The molecule has 3 heterocycles. The molecular weight excluding hydrogens is 360 g/mol. The van der Waals surface area contributed by atoms with Crippen molar-refractivity contribution in [3.8, 4) is 0 Å². The molecule has 1 atom stereocenters. The first-order valence-corrected chi connectivity index (χ1v) is 11.3. The van der Waals surface area contributed by atoms with Crippen molar-refractivity contribution in [2.24, 2.45) is 5.41 Å². The predicted octanol–water partition coefficient (Wildman–Crippen LogP) is 4.33. The smallest absolute Gasteiger partial charge is 0.274 e. The Morgan fingerprint density at radius 1 is 1.10 bits per heavy atom. The highest BCUT2D eigenvalue weighted by atomic mass is 16.2. The van der Waals surface area contributed by atoms with Gasteiger partial charge in [0.1, 0.15) is 5.69 Å². The van der Waals surface area contributed by atoms with Crippen LogP contribution >= 0.6 is 0 Å². The van der Waals surface area contributed by atoms with Crippen LogP contribution in [0.1, 0.15) is 72.7 Å². The molecule has 1 saturated carbocycles. The second-order valence-corrected chi connectivity index (χ2v) is 9.37. The van der Waals surface area contributed by atoms with E-state index >= 15 is 0 Å². The number of hydrogen-bond acceptors (Lipinski definition) is 3. The fraction of sp³-hybridized carbons (Fsp3) is 0.583. The summed E-state index contributed by atoms with van der Waals surface area (Å²) in [5.74, 6) is 0.0692. The fourth-order valence-electron chi connectivity index (χ4n) is 6.08. The second kappa shape index (κ2) is 7.60. The number of hydrogen-bond donors (Lipinski definition) is 1. The quantitative estimate of drug-likeness (QED) is 0.846. The number of rotatable bonds is 3. The van der Waals surface area contributed by atoms with Crippen LogP contribution in [0.5, 0.6) is 0 Å². The SMILES string of the molecule is Cc1cc(C(=O)N2CCC(N3CC4(CCCCC4)C3c3ccccc3)CC2)n[nH]1. The van der Waals surface area contributed by atoms with E-state index in [4.69, 9.17) is 0 Å². The number of aryl methyl sites for hydroxylation is 1. The van der Waals surface area contributed by atoms with Crippen molar-refractivity contribution in [2.75, 3.05) is 19.6 Å². The third-order valence-corrected chi connectivity index (χ3v) is 7.52. The lowest BCUT2D eigenvalue weighted by atomic mass is 9.60.